The van der Waals surface area contributed by atoms with E-state index in [0.717, 1.165) is 31.7 Å². The molecule has 1 aromatic carbocycles. The number of furan rings is 2. The lowest BCUT2D eigenvalue weighted by molar-refractivity contribution is 0.0933. The molecule has 0 bridgehead atoms. The lowest BCUT2D eigenvalue weighted by Gasteiger charge is -2.26. The van der Waals surface area contributed by atoms with Crippen molar-refractivity contribution in [3.8, 4) is 0 Å². The maximum absolute atomic E-state index is 13.0. The van der Waals surface area contributed by atoms with Gasteiger partial charge in [0, 0.05) is 12.1 Å². The Morgan fingerprint density at radius 1 is 1.09 bits per heavy atom. The Kier molecular flexibility index (Phi) is 6.78. The van der Waals surface area contributed by atoms with Crippen molar-refractivity contribution in [1.82, 2.24) is 14.9 Å². The molecule has 3 heterocycles. The molecule has 1 atom stereocenters. The van der Waals surface area contributed by atoms with Crippen LogP contribution < -0.4 is 10.0 Å². The van der Waals surface area contributed by atoms with E-state index in [1.165, 1.54) is 18.4 Å². The van der Waals surface area contributed by atoms with Crippen LogP contribution in [-0.4, -0.2) is 38.9 Å². The van der Waals surface area contributed by atoms with Crippen molar-refractivity contribution >= 4 is 15.9 Å². The van der Waals surface area contributed by atoms with Crippen LogP contribution in [0.2, 0.25) is 0 Å². The van der Waals surface area contributed by atoms with Gasteiger partial charge >= 0.3 is 0 Å². The minimum atomic E-state index is -3.80. The van der Waals surface area contributed by atoms with Crippen molar-refractivity contribution < 1.29 is 22.0 Å². The number of amides is 1. The highest BCUT2D eigenvalue weighted by molar-refractivity contribution is 7.89. The normalized spacial score (nSPS) is 15.7. The molecule has 4 rings (SSSR count). The summed E-state index contributed by atoms with van der Waals surface area (Å²) in [5, 5.41) is 2.97. The average Bonchev–Trinajstić information content (AvgIpc) is 3.56. The third-order valence-corrected chi connectivity index (χ3v) is 7.09. The summed E-state index contributed by atoms with van der Waals surface area (Å²) in [6.45, 7) is 4.10. The van der Waals surface area contributed by atoms with Gasteiger partial charge in [-0.3, -0.25) is 9.69 Å². The molecule has 1 aliphatic heterocycles. The van der Waals surface area contributed by atoms with Gasteiger partial charge in [0.25, 0.3) is 5.91 Å². The van der Waals surface area contributed by atoms with Gasteiger partial charge in [0.05, 0.1) is 30.0 Å². The van der Waals surface area contributed by atoms with E-state index in [0.29, 0.717) is 23.4 Å². The smallest absolute Gasteiger partial charge is 0.251 e. The molecule has 9 heteroatoms. The van der Waals surface area contributed by atoms with E-state index >= 15 is 0 Å². The van der Waals surface area contributed by atoms with Crippen LogP contribution in [-0.2, 0) is 16.6 Å². The van der Waals surface area contributed by atoms with E-state index in [2.05, 4.69) is 14.9 Å². The summed E-state index contributed by atoms with van der Waals surface area (Å²) in [4.78, 5) is 15.3. The molecular weight excluding hydrogens is 430 g/mol. The summed E-state index contributed by atoms with van der Waals surface area (Å²) in [6, 6.07) is 11.6. The molecule has 0 radical (unpaired) electrons. The Morgan fingerprint density at radius 3 is 2.53 bits per heavy atom. The van der Waals surface area contributed by atoms with Gasteiger partial charge in [-0.2, -0.15) is 0 Å². The predicted molar refractivity (Wildman–Crippen MR) is 119 cm³/mol. The number of nitrogens with zero attached hydrogens (tertiary/aromatic N) is 1. The maximum atomic E-state index is 13.0. The zero-order valence-corrected chi connectivity index (χ0v) is 18.7. The first kappa shape index (κ1) is 22.3. The Morgan fingerprint density at radius 2 is 1.84 bits per heavy atom. The molecule has 0 aliphatic carbocycles. The van der Waals surface area contributed by atoms with Crippen molar-refractivity contribution in [1.29, 1.82) is 0 Å². The highest BCUT2D eigenvalue weighted by Crippen LogP contribution is 2.25. The second-order valence-electron chi connectivity index (χ2n) is 7.86. The van der Waals surface area contributed by atoms with Crippen LogP contribution in [0.4, 0.5) is 0 Å². The number of hydrogen-bond donors (Lipinski definition) is 2. The van der Waals surface area contributed by atoms with Crippen molar-refractivity contribution in [3.05, 3.63) is 77.6 Å². The minimum absolute atomic E-state index is 0.0296. The first-order valence-electron chi connectivity index (χ1n) is 10.6. The number of sulfonamides is 1. The molecule has 1 aliphatic rings. The van der Waals surface area contributed by atoms with Crippen LogP contribution in [0.1, 0.15) is 46.3 Å². The Bertz CT molecular complexity index is 1130. The largest absolute Gasteiger partial charge is 0.468 e. The van der Waals surface area contributed by atoms with Gasteiger partial charge in [-0.25, -0.2) is 13.1 Å². The zero-order valence-electron chi connectivity index (χ0n) is 17.9. The monoisotopic (exact) mass is 457 g/mol. The van der Waals surface area contributed by atoms with E-state index in [1.54, 1.807) is 31.4 Å². The fourth-order valence-corrected chi connectivity index (χ4v) is 4.92. The van der Waals surface area contributed by atoms with Crippen LogP contribution in [0.25, 0.3) is 0 Å². The molecule has 0 saturated carbocycles. The number of aryl methyl sites for hydroxylation is 1. The Balaban J connectivity index is 1.47. The molecule has 2 N–H and O–H groups in total. The second-order valence-corrected chi connectivity index (χ2v) is 9.63. The van der Waals surface area contributed by atoms with Crippen molar-refractivity contribution in [2.24, 2.45) is 0 Å². The van der Waals surface area contributed by atoms with Gasteiger partial charge in [0.15, 0.2) is 0 Å². The number of carbonyl (C=O) groups is 1. The predicted octanol–water partition coefficient (Wildman–Crippen LogP) is 3.23. The van der Waals surface area contributed by atoms with Crippen LogP contribution in [0, 0.1) is 6.92 Å². The molecule has 170 valence electrons. The van der Waals surface area contributed by atoms with Crippen LogP contribution in [0.5, 0.6) is 0 Å². The second kappa shape index (κ2) is 9.72. The number of rotatable bonds is 9. The SMILES string of the molecule is Cc1ccc(S(=O)(=O)NCc2ccco2)cc1C(=O)NCC(c1ccco1)N1CCCC1. The van der Waals surface area contributed by atoms with Gasteiger partial charge in [-0.1, -0.05) is 6.07 Å². The topological polar surface area (TPSA) is 105 Å². The van der Waals surface area contributed by atoms with E-state index in [4.69, 9.17) is 8.83 Å². The molecule has 1 fully saturated rings. The molecule has 1 amide bonds. The fraction of sp³-hybridized carbons (Fsp3) is 0.348. The van der Waals surface area contributed by atoms with Crippen LogP contribution in [0.15, 0.2) is 68.7 Å². The summed E-state index contributed by atoms with van der Waals surface area (Å²) < 4.78 is 38.7. The van der Waals surface area contributed by atoms with Crippen LogP contribution >= 0.6 is 0 Å². The van der Waals surface area contributed by atoms with Gasteiger partial charge in [-0.15, -0.1) is 0 Å². The average molecular weight is 458 g/mol. The van der Waals surface area contributed by atoms with E-state index in [-0.39, 0.29) is 23.4 Å². The van der Waals surface area contributed by atoms with Gasteiger partial charge in [-0.05, 0) is 74.8 Å². The van der Waals surface area contributed by atoms with Crippen LogP contribution in [0.3, 0.4) is 0 Å². The third kappa shape index (κ3) is 5.12. The number of likely N-dealkylation sites (tertiary alicyclic amines) is 1. The maximum Gasteiger partial charge on any atom is 0.251 e. The molecule has 2 aromatic heterocycles. The van der Waals surface area contributed by atoms with Gasteiger partial charge in [0.1, 0.15) is 11.5 Å². The van der Waals surface area contributed by atoms with E-state index < -0.39 is 10.0 Å². The quantitative estimate of drug-likeness (QED) is 0.511. The summed E-state index contributed by atoms with van der Waals surface area (Å²) in [5.74, 6) is 0.994. The number of carbonyl (C=O) groups excluding carboxylic acids is 1. The Labute approximate surface area is 187 Å². The lowest BCUT2D eigenvalue weighted by atomic mass is 10.1. The summed E-state index contributed by atoms with van der Waals surface area (Å²) in [7, 11) is -3.80. The number of hydrogen-bond acceptors (Lipinski definition) is 6. The highest BCUT2D eigenvalue weighted by Gasteiger charge is 2.26. The molecule has 3 aromatic rings. The van der Waals surface area contributed by atoms with Crippen molar-refractivity contribution in [2.45, 2.75) is 37.2 Å². The summed E-state index contributed by atoms with van der Waals surface area (Å²) in [6.07, 6.45) is 5.36. The molecule has 1 saturated heterocycles. The standard InChI is InChI=1S/C23H27N3O5S/c1-17-8-9-19(32(28,29)25-15-18-6-4-12-30-18)14-20(17)23(27)24-16-21(22-7-5-13-31-22)26-10-2-3-11-26/h4-9,12-14,21,25H,2-3,10-11,15-16H2,1H3,(H,24,27). The van der Waals surface area contributed by atoms with E-state index in [9.17, 15) is 13.2 Å². The summed E-state index contributed by atoms with van der Waals surface area (Å²) in [5.41, 5.74) is 1.02. The zero-order chi connectivity index (χ0) is 22.6. The minimum Gasteiger partial charge on any atom is -0.468 e. The fourth-order valence-electron chi connectivity index (χ4n) is 3.90. The van der Waals surface area contributed by atoms with Gasteiger partial charge < -0.3 is 14.2 Å². The number of nitrogens with one attached hydrogen (secondary N) is 2. The molecule has 1 unspecified atom stereocenters. The molecule has 32 heavy (non-hydrogen) atoms. The van der Waals surface area contributed by atoms with Crippen molar-refractivity contribution in [2.75, 3.05) is 19.6 Å². The van der Waals surface area contributed by atoms with Gasteiger partial charge in [0.2, 0.25) is 10.0 Å². The van der Waals surface area contributed by atoms with Crippen molar-refractivity contribution in [3.63, 3.8) is 0 Å². The first-order valence-corrected chi connectivity index (χ1v) is 12.1. The lowest BCUT2D eigenvalue weighted by Crippen LogP contribution is -2.37. The third-order valence-electron chi connectivity index (χ3n) is 5.69. The molecule has 0 spiro atoms. The van der Waals surface area contributed by atoms with E-state index in [1.807, 2.05) is 12.1 Å². The molecular formula is C23H27N3O5S. The summed E-state index contributed by atoms with van der Waals surface area (Å²) >= 11 is 0. The molecule has 8 nitrogen and oxygen atoms in total. The highest BCUT2D eigenvalue weighted by atomic mass is 32.2. The number of benzene rings is 1. The first-order chi connectivity index (χ1) is 15.4. The Hall–Kier alpha value is -2.88.